The summed E-state index contributed by atoms with van der Waals surface area (Å²) in [6.07, 6.45) is 1.33. The minimum atomic E-state index is -3.65. The number of rotatable bonds is 6. The second-order valence-electron chi connectivity index (χ2n) is 4.42. The highest BCUT2D eigenvalue weighted by Crippen LogP contribution is 2.08. The van der Waals surface area contributed by atoms with Gasteiger partial charge < -0.3 is 0 Å². The molecule has 1 N–H and O–H groups in total. The van der Waals surface area contributed by atoms with E-state index in [4.69, 9.17) is 15.8 Å². The van der Waals surface area contributed by atoms with Gasteiger partial charge in [0.1, 0.15) is 0 Å². The molecule has 15 heavy (non-hydrogen) atoms. The molecule has 0 aliphatic carbocycles. The van der Waals surface area contributed by atoms with Gasteiger partial charge in [-0.1, -0.05) is 6.92 Å². The first-order chi connectivity index (χ1) is 6.66. The number of nitrogens with one attached hydrogen (secondary N) is 1. The van der Waals surface area contributed by atoms with E-state index < -0.39 is 15.8 Å². The molecule has 0 spiro atoms. The van der Waals surface area contributed by atoms with Crippen molar-refractivity contribution in [2.24, 2.45) is 0 Å². The maximum atomic E-state index is 11.3. The predicted octanol–water partition coefficient (Wildman–Crippen LogP) is 2.04. The van der Waals surface area contributed by atoms with Gasteiger partial charge in [0.2, 0.25) is 0 Å². The Bertz CT molecular complexity index is 272. The van der Waals surface area contributed by atoms with Gasteiger partial charge in [-0.15, -0.1) is 11.6 Å². The molecule has 1 unspecified atom stereocenters. The van der Waals surface area contributed by atoms with Crippen LogP contribution in [0.5, 0.6) is 0 Å². The molecule has 0 aliphatic rings. The van der Waals surface area contributed by atoms with Crippen LogP contribution in [0.3, 0.4) is 0 Å². The fourth-order valence-corrected chi connectivity index (χ4v) is 2.11. The lowest BCUT2D eigenvalue weighted by Gasteiger charge is -2.19. The molecule has 0 radical (unpaired) electrons. The van der Waals surface area contributed by atoms with Gasteiger partial charge in [-0.05, 0) is 33.6 Å². The van der Waals surface area contributed by atoms with Gasteiger partial charge in [0.05, 0.1) is 6.61 Å². The average Bonchev–Trinajstić information content (AvgIpc) is 1.98. The first-order valence-corrected chi connectivity index (χ1v) is 6.83. The monoisotopic (exact) mass is 257 g/mol. The van der Waals surface area contributed by atoms with Crippen LogP contribution in [0.25, 0.3) is 0 Å². The van der Waals surface area contributed by atoms with Crippen LogP contribution in [-0.2, 0) is 14.5 Å². The van der Waals surface area contributed by atoms with Gasteiger partial charge in [0, 0.05) is 10.9 Å². The number of halogens is 1. The van der Waals surface area contributed by atoms with Crippen molar-refractivity contribution in [3.05, 3.63) is 0 Å². The Labute approximate surface area is 97.6 Å². The Morgan fingerprint density at radius 1 is 1.40 bits per heavy atom. The van der Waals surface area contributed by atoms with Crippen molar-refractivity contribution in [1.29, 1.82) is 0 Å². The maximum Gasteiger partial charge on any atom is 0.336 e. The lowest BCUT2D eigenvalue weighted by molar-refractivity contribution is 0.293. The Morgan fingerprint density at radius 2 is 1.93 bits per heavy atom. The van der Waals surface area contributed by atoms with Crippen molar-refractivity contribution in [3.8, 4) is 0 Å². The average molecular weight is 258 g/mol. The van der Waals surface area contributed by atoms with E-state index in [1.807, 2.05) is 6.92 Å². The first-order valence-electron chi connectivity index (χ1n) is 4.98. The van der Waals surface area contributed by atoms with Crippen LogP contribution in [0.15, 0.2) is 0 Å². The summed E-state index contributed by atoms with van der Waals surface area (Å²) in [6, 6.07) is 0. The Kier molecular flexibility index (Phi) is 6.10. The second-order valence-corrected chi connectivity index (χ2v) is 6.39. The molecule has 0 aliphatic heterocycles. The zero-order valence-electron chi connectivity index (χ0n) is 9.71. The summed E-state index contributed by atoms with van der Waals surface area (Å²) >= 11 is 5.83. The zero-order valence-corrected chi connectivity index (χ0v) is 11.3. The molecule has 0 amide bonds. The molecule has 0 heterocycles. The lowest BCUT2D eigenvalue weighted by atomic mass is 10.1. The molecule has 0 aromatic carbocycles. The molecular weight excluding hydrogens is 238 g/mol. The fraction of sp³-hybridized carbons (Fsp3) is 1.00. The summed E-state index contributed by atoms with van der Waals surface area (Å²) in [5.74, 6) is 0. The van der Waals surface area contributed by atoms with Crippen molar-refractivity contribution in [3.63, 3.8) is 0 Å². The van der Waals surface area contributed by atoms with Crippen molar-refractivity contribution in [2.45, 2.75) is 51.5 Å². The first kappa shape index (κ1) is 15.2. The quantitative estimate of drug-likeness (QED) is 0.741. The highest BCUT2D eigenvalue weighted by molar-refractivity contribution is 7.84. The van der Waals surface area contributed by atoms with Gasteiger partial charge >= 0.3 is 10.3 Å². The molecule has 0 fully saturated rings. The topological polar surface area (TPSA) is 55.4 Å². The van der Waals surface area contributed by atoms with E-state index in [0.29, 0.717) is 6.42 Å². The summed E-state index contributed by atoms with van der Waals surface area (Å²) < 4.78 is 29.8. The Hall–Kier alpha value is 0.160. The van der Waals surface area contributed by atoms with E-state index >= 15 is 0 Å². The van der Waals surface area contributed by atoms with Gasteiger partial charge in [-0.25, -0.2) is 0 Å². The van der Waals surface area contributed by atoms with Gasteiger partial charge in [-0.2, -0.15) is 13.1 Å². The zero-order chi connectivity index (χ0) is 12.1. The third-order valence-electron chi connectivity index (χ3n) is 1.54. The van der Waals surface area contributed by atoms with E-state index in [9.17, 15) is 8.42 Å². The maximum absolute atomic E-state index is 11.3. The summed E-state index contributed by atoms with van der Waals surface area (Å²) in [4.78, 5) is 0. The lowest BCUT2D eigenvalue weighted by Crippen LogP contribution is -2.41. The summed E-state index contributed by atoms with van der Waals surface area (Å²) in [7, 11) is -3.65. The molecule has 0 saturated heterocycles. The van der Waals surface area contributed by atoms with Gasteiger partial charge in [0.25, 0.3) is 0 Å². The van der Waals surface area contributed by atoms with Crippen molar-refractivity contribution < 1.29 is 12.6 Å². The normalized spacial score (nSPS) is 15.3. The minimum absolute atomic E-state index is 0.0326. The summed E-state index contributed by atoms with van der Waals surface area (Å²) in [5, 5.41) is -0.0326. The number of alkyl halides is 1. The second kappa shape index (κ2) is 6.03. The molecule has 0 saturated carbocycles. The predicted molar refractivity (Wildman–Crippen MR) is 62.3 cm³/mol. The van der Waals surface area contributed by atoms with Crippen LogP contribution in [0.1, 0.15) is 40.5 Å². The molecule has 92 valence electrons. The van der Waals surface area contributed by atoms with E-state index in [1.165, 1.54) is 0 Å². The molecule has 1 atom stereocenters. The third-order valence-corrected chi connectivity index (χ3v) is 3.41. The number of hydrogen-bond acceptors (Lipinski definition) is 3. The fourth-order valence-electron chi connectivity index (χ4n) is 0.894. The third kappa shape index (κ3) is 9.11. The number of hydrogen-bond donors (Lipinski definition) is 1. The Morgan fingerprint density at radius 3 is 2.33 bits per heavy atom. The summed E-state index contributed by atoms with van der Waals surface area (Å²) in [5.41, 5.74) is -0.524. The van der Waals surface area contributed by atoms with Crippen LogP contribution in [-0.4, -0.2) is 25.9 Å². The van der Waals surface area contributed by atoms with E-state index in [2.05, 4.69) is 4.72 Å². The summed E-state index contributed by atoms with van der Waals surface area (Å²) in [6.45, 7) is 7.33. The van der Waals surface area contributed by atoms with Gasteiger partial charge in [-0.3, -0.25) is 4.18 Å². The van der Waals surface area contributed by atoms with E-state index in [-0.39, 0.29) is 12.0 Å². The highest BCUT2D eigenvalue weighted by atomic mass is 35.5. The molecule has 0 aromatic heterocycles. The van der Waals surface area contributed by atoms with E-state index in [1.54, 1.807) is 20.8 Å². The largest absolute Gasteiger partial charge is 0.336 e. The van der Waals surface area contributed by atoms with Gasteiger partial charge in [0.15, 0.2) is 0 Å². The van der Waals surface area contributed by atoms with Crippen molar-refractivity contribution >= 4 is 21.9 Å². The highest BCUT2D eigenvalue weighted by Gasteiger charge is 2.20. The molecular formula is C9H20ClNO3S. The van der Waals surface area contributed by atoms with Crippen molar-refractivity contribution in [2.75, 3.05) is 6.61 Å². The standard InChI is InChI=1S/C9H20ClNO3S/c1-5-8(10)6-7-14-15(12,13)11-9(2,3)4/h8,11H,5-7H2,1-4H3. The SMILES string of the molecule is CCC(Cl)CCOS(=O)(=O)NC(C)(C)C. The van der Waals surface area contributed by atoms with Crippen LogP contribution < -0.4 is 4.72 Å². The molecule has 0 rings (SSSR count). The molecule has 0 aromatic rings. The smallest absolute Gasteiger partial charge is 0.258 e. The van der Waals surface area contributed by atoms with Crippen LogP contribution in [0, 0.1) is 0 Å². The van der Waals surface area contributed by atoms with Crippen LogP contribution in [0.2, 0.25) is 0 Å². The van der Waals surface area contributed by atoms with Crippen molar-refractivity contribution in [1.82, 2.24) is 4.72 Å². The Balaban J connectivity index is 3.96. The van der Waals surface area contributed by atoms with E-state index in [0.717, 1.165) is 6.42 Å². The van der Waals surface area contributed by atoms with Crippen LogP contribution >= 0.6 is 11.6 Å². The molecule has 0 bridgehead atoms. The molecule has 6 heteroatoms. The molecule has 4 nitrogen and oxygen atoms in total. The van der Waals surface area contributed by atoms with Crippen LogP contribution in [0.4, 0.5) is 0 Å². The minimum Gasteiger partial charge on any atom is -0.258 e.